The number of hydrogen-bond donors (Lipinski definition) is 1. The number of pyridine rings is 1. The number of aromatic nitrogens is 1. The van der Waals surface area contributed by atoms with E-state index >= 15 is 0 Å². The number of esters is 1. The van der Waals surface area contributed by atoms with Crippen LogP contribution in [0, 0.1) is 6.92 Å². The fraction of sp³-hybridized carbons (Fsp3) is 0.200. The molecule has 1 N–H and O–H groups in total. The maximum Gasteiger partial charge on any atom is 0.349 e. The number of rotatable bonds is 5. The molecule has 0 aliphatic carbocycles. The summed E-state index contributed by atoms with van der Waals surface area (Å²) in [7, 11) is 0. The van der Waals surface area contributed by atoms with Crippen molar-refractivity contribution in [1.29, 1.82) is 0 Å². The third-order valence-electron chi connectivity index (χ3n) is 4.04. The average molecular weight is 401 g/mol. The van der Waals surface area contributed by atoms with Gasteiger partial charge in [0, 0.05) is 34.3 Å². The quantitative estimate of drug-likeness (QED) is 0.653. The van der Waals surface area contributed by atoms with Crippen LogP contribution in [0.15, 0.2) is 45.7 Å². The van der Waals surface area contributed by atoms with E-state index in [9.17, 15) is 14.4 Å². The molecule has 0 bridgehead atoms. The Bertz CT molecular complexity index is 1120. The van der Waals surface area contributed by atoms with E-state index in [4.69, 9.17) is 20.8 Å². The molecule has 0 radical (unpaired) electrons. The van der Waals surface area contributed by atoms with Crippen LogP contribution < -0.4 is 10.9 Å². The second-order valence-corrected chi connectivity index (χ2v) is 6.47. The molecule has 8 heteroatoms. The Morgan fingerprint density at radius 1 is 1.29 bits per heavy atom. The standard InChI is InChI=1S/C20H17ClN2O5/c1-3-17(24)27-10-12-9-22-11(2)18-15(12)8-16(20(26)28-18)19(25)23-14-6-4-5-13(21)7-14/h4-9H,3,10H2,1-2H3,(H,23,25). The van der Waals surface area contributed by atoms with E-state index < -0.39 is 11.5 Å². The Balaban J connectivity index is 2.00. The molecular formula is C20H17ClN2O5. The van der Waals surface area contributed by atoms with Crippen molar-refractivity contribution >= 4 is 40.1 Å². The molecule has 2 aromatic heterocycles. The van der Waals surface area contributed by atoms with Gasteiger partial charge in [0.05, 0.1) is 5.69 Å². The second kappa shape index (κ2) is 8.22. The lowest BCUT2D eigenvalue weighted by molar-refractivity contribution is -0.144. The van der Waals surface area contributed by atoms with Crippen molar-refractivity contribution in [1.82, 2.24) is 4.98 Å². The lowest BCUT2D eigenvalue weighted by atomic mass is 10.1. The normalized spacial score (nSPS) is 10.7. The first-order valence-corrected chi connectivity index (χ1v) is 8.91. The number of anilines is 1. The summed E-state index contributed by atoms with van der Waals surface area (Å²) in [6.07, 6.45) is 1.76. The van der Waals surface area contributed by atoms with Gasteiger partial charge in [-0.2, -0.15) is 0 Å². The van der Waals surface area contributed by atoms with Crippen molar-refractivity contribution in [3.05, 3.63) is 68.8 Å². The maximum absolute atomic E-state index is 12.6. The van der Waals surface area contributed by atoms with E-state index in [-0.39, 0.29) is 30.1 Å². The first kappa shape index (κ1) is 19.6. The second-order valence-electron chi connectivity index (χ2n) is 6.04. The van der Waals surface area contributed by atoms with Crippen LogP contribution in [0.4, 0.5) is 5.69 Å². The minimum atomic E-state index is -0.792. The Hall–Kier alpha value is -3.19. The van der Waals surface area contributed by atoms with Gasteiger partial charge in [-0.25, -0.2) is 4.79 Å². The summed E-state index contributed by atoms with van der Waals surface area (Å²) in [6, 6.07) is 7.98. The topological polar surface area (TPSA) is 98.5 Å². The number of amides is 1. The number of halogens is 1. The molecule has 28 heavy (non-hydrogen) atoms. The fourth-order valence-electron chi connectivity index (χ4n) is 2.58. The number of carbonyl (C=O) groups excluding carboxylic acids is 2. The van der Waals surface area contributed by atoms with Crippen LogP contribution in [0.1, 0.15) is 35.0 Å². The zero-order chi connectivity index (χ0) is 20.3. The Labute approximate surface area is 165 Å². The molecule has 0 spiro atoms. The monoisotopic (exact) mass is 400 g/mol. The lowest BCUT2D eigenvalue weighted by Crippen LogP contribution is -2.21. The van der Waals surface area contributed by atoms with Crippen LogP contribution in [0.2, 0.25) is 5.02 Å². The summed E-state index contributed by atoms with van der Waals surface area (Å²) >= 11 is 5.91. The molecular weight excluding hydrogens is 384 g/mol. The minimum Gasteiger partial charge on any atom is -0.461 e. The van der Waals surface area contributed by atoms with Gasteiger partial charge < -0.3 is 14.5 Å². The van der Waals surface area contributed by atoms with Crippen LogP contribution in [-0.2, 0) is 16.1 Å². The van der Waals surface area contributed by atoms with Gasteiger partial charge in [-0.05, 0) is 31.2 Å². The number of nitrogens with zero attached hydrogens (tertiary/aromatic N) is 1. The molecule has 3 aromatic rings. The van der Waals surface area contributed by atoms with Crippen molar-refractivity contribution in [3.8, 4) is 0 Å². The Morgan fingerprint density at radius 3 is 2.79 bits per heavy atom. The van der Waals surface area contributed by atoms with Crippen molar-refractivity contribution in [2.24, 2.45) is 0 Å². The smallest absolute Gasteiger partial charge is 0.349 e. The van der Waals surface area contributed by atoms with E-state index in [0.29, 0.717) is 27.4 Å². The number of benzene rings is 1. The van der Waals surface area contributed by atoms with Gasteiger partial charge in [0.15, 0.2) is 5.58 Å². The van der Waals surface area contributed by atoms with Gasteiger partial charge in [-0.3, -0.25) is 14.6 Å². The first-order valence-electron chi connectivity index (χ1n) is 8.54. The van der Waals surface area contributed by atoms with Gasteiger partial charge >= 0.3 is 11.6 Å². The van der Waals surface area contributed by atoms with Gasteiger partial charge in [-0.1, -0.05) is 24.6 Å². The zero-order valence-electron chi connectivity index (χ0n) is 15.2. The molecule has 0 atom stereocenters. The van der Waals surface area contributed by atoms with E-state index in [2.05, 4.69) is 10.3 Å². The molecule has 0 aliphatic heterocycles. The first-order chi connectivity index (χ1) is 13.4. The number of fused-ring (bicyclic) bond motifs is 1. The number of aryl methyl sites for hydroxylation is 1. The number of carbonyl (C=O) groups is 2. The van der Waals surface area contributed by atoms with Crippen molar-refractivity contribution in [2.75, 3.05) is 5.32 Å². The predicted molar refractivity (Wildman–Crippen MR) is 105 cm³/mol. The summed E-state index contributed by atoms with van der Waals surface area (Å²) in [5, 5.41) is 3.54. The maximum atomic E-state index is 12.6. The van der Waals surface area contributed by atoms with Crippen LogP contribution in [0.3, 0.4) is 0 Å². The SMILES string of the molecule is CCC(=O)OCc1cnc(C)c2oc(=O)c(C(=O)Nc3cccc(Cl)c3)cc12. The van der Waals surface area contributed by atoms with Crippen molar-refractivity contribution < 1.29 is 18.7 Å². The molecule has 0 fully saturated rings. The average Bonchev–Trinajstić information content (AvgIpc) is 2.67. The van der Waals surface area contributed by atoms with Gasteiger partial charge in [0.2, 0.25) is 0 Å². The highest BCUT2D eigenvalue weighted by atomic mass is 35.5. The van der Waals surface area contributed by atoms with Crippen molar-refractivity contribution in [2.45, 2.75) is 26.9 Å². The number of nitrogens with one attached hydrogen (secondary N) is 1. The molecule has 0 saturated heterocycles. The molecule has 0 unspecified atom stereocenters. The summed E-state index contributed by atoms with van der Waals surface area (Å²) < 4.78 is 10.5. The molecule has 0 saturated carbocycles. The third kappa shape index (κ3) is 4.20. The Morgan fingerprint density at radius 2 is 2.07 bits per heavy atom. The van der Waals surface area contributed by atoms with Gasteiger partial charge in [-0.15, -0.1) is 0 Å². The lowest BCUT2D eigenvalue weighted by Gasteiger charge is -2.10. The molecule has 3 rings (SSSR count). The highest BCUT2D eigenvalue weighted by Crippen LogP contribution is 2.22. The molecule has 144 valence electrons. The largest absolute Gasteiger partial charge is 0.461 e. The van der Waals surface area contributed by atoms with Crippen LogP contribution >= 0.6 is 11.6 Å². The van der Waals surface area contributed by atoms with E-state index in [1.54, 1.807) is 38.1 Å². The molecule has 2 heterocycles. The Kier molecular flexibility index (Phi) is 5.75. The third-order valence-corrected chi connectivity index (χ3v) is 4.28. The summed E-state index contributed by atoms with van der Waals surface area (Å²) in [4.78, 5) is 40.5. The molecule has 0 aliphatic rings. The molecule has 1 aromatic carbocycles. The highest BCUT2D eigenvalue weighted by Gasteiger charge is 2.18. The highest BCUT2D eigenvalue weighted by molar-refractivity contribution is 6.31. The molecule has 1 amide bonds. The van der Waals surface area contributed by atoms with Crippen LogP contribution in [0.25, 0.3) is 11.0 Å². The summed E-state index contributed by atoms with van der Waals surface area (Å²) in [6.45, 7) is 3.32. The fourth-order valence-corrected chi connectivity index (χ4v) is 2.77. The summed E-state index contributed by atoms with van der Waals surface area (Å²) in [5.74, 6) is -1.01. The summed E-state index contributed by atoms with van der Waals surface area (Å²) in [5.41, 5.74) is 0.734. The number of hydrogen-bond acceptors (Lipinski definition) is 6. The van der Waals surface area contributed by atoms with E-state index in [1.165, 1.54) is 12.3 Å². The zero-order valence-corrected chi connectivity index (χ0v) is 16.0. The van der Waals surface area contributed by atoms with Gasteiger partial charge in [0.1, 0.15) is 12.2 Å². The van der Waals surface area contributed by atoms with Crippen LogP contribution in [-0.4, -0.2) is 16.9 Å². The predicted octanol–water partition coefficient (Wildman–Crippen LogP) is 3.86. The van der Waals surface area contributed by atoms with Crippen molar-refractivity contribution in [3.63, 3.8) is 0 Å². The molecule has 7 nitrogen and oxygen atoms in total. The minimum absolute atomic E-state index is 0.0421. The van der Waals surface area contributed by atoms with Gasteiger partial charge in [0.25, 0.3) is 5.91 Å². The number of ether oxygens (including phenoxy) is 1. The van der Waals surface area contributed by atoms with E-state index in [0.717, 1.165) is 0 Å². The van der Waals surface area contributed by atoms with E-state index in [1.807, 2.05) is 0 Å². The van der Waals surface area contributed by atoms with Crippen LogP contribution in [0.5, 0.6) is 0 Å².